The molecule has 1 rings (SSSR count). The standard InChI is InChI=1S/C16H22ClNO3/c1-6-11(2)18(3)15(19)8-7-12-9-13(17)16(21-5)14(10-12)20-4/h7-11H,6H2,1-5H3/b8-7-/t11-/m1/s1. The number of benzene rings is 1. The van der Waals surface area contributed by atoms with E-state index in [1.165, 1.54) is 13.2 Å². The van der Waals surface area contributed by atoms with Gasteiger partial charge in [0.1, 0.15) is 0 Å². The lowest BCUT2D eigenvalue weighted by Gasteiger charge is -2.22. The van der Waals surface area contributed by atoms with Crippen LogP contribution in [-0.4, -0.2) is 38.1 Å². The highest BCUT2D eigenvalue weighted by Crippen LogP contribution is 2.36. The molecule has 116 valence electrons. The summed E-state index contributed by atoms with van der Waals surface area (Å²) in [5.74, 6) is 0.974. The van der Waals surface area contributed by atoms with E-state index in [0.717, 1.165) is 12.0 Å². The molecule has 0 spiro atoms. The minimum atomic E-state index is -0.0461. The van der Waals surface area contributed by atoms with Gasteiger partial charge in [0.15, 0.2) is 11.5 Å². The summed E-state index contributed by atoms with van der Waals surface area (Å²) in [6, 6.07) is 3.71. The smallest absolute Gasteiger partial charge is 0.246 e. The first-order valence-corrected chi connectivity index (χ1v) is 7.18. The maximum Gasteiger partial charge on any atom is 0.246 e. The molecular formula is C16H22ClNO3. The molecule has 0 aliphatic rings. The highest BCUT2D eigenvalue weighted by atomic mass is 35.5. The number of nitrogens with zero attached hydrogens (tertiary/aromatic N) is 1. The number of methoxy groups -OCH3 is 2. The molecule has 21 heavy (non-hydrogen) atoms. The van der Waals surface area contributed by atoms with Gasteiger partial charge in [-0.15, -0.1) is 0 Å². The molecule has 0 bridgehead atoms. The van der Waals surface area contributed by atoms with Gasteiger partial charge < -0.3 is 14.4 Å². The molecule has 0 saturated heterocycles. The fraction of sp³-hybridized carbons (Fsp3) is 0.438. The normalized spacial score (nSPS) is 12.3. The van der Waals surface area contributed by atoms with Crippen LogP contribution in [0.4, 0.5) is 0 Å². The number of hydrogen-bond acceptors (Lipinski definition) is 3. The van der Waals surface area contributed by atoms with Gasteiger partial charge in [0.05, 0.1) is 19.2 Å². The van der Waals surface area contributed by atoms with Crippen molar-refractivity contribution in [3.8, 4) is 11.5 Å². The van der Waals surface area contributed by atoms with Gasteiger partial charge in [-0.2, -0.15) is 0 Å². The SMILES string of the molecule is CC[C@@H](C)N(C)C(=O)/C=C\c1cc(Cl)c(OC)c(OC)c1. The second-order valence-corrected chi connectivity index (χ2v) is 5.19. The lowest BCUT2D eigenvalue weighted by molar-refractivity contribution is -0.126. The molecule has 0 aliphatic heterocycles. The van der Waals surface area contributed by atoms with Gasteiger partial charge in [-0.3, -0.25) is 4.79 Å². The highest BCUT2D eigenvalue weighted by Gasteiger charge is 2.12. The van der Waals surface area contributed by atoms with Gasteiger partial charge in [0.25, 0.3) is 0 Å². The molecule has 0 aromatic heterocycles. The number of likely N-dealkylation sites (N-methyl/N-ethyl adjacent to an activating group) is 1. The average molecular weight is 312 g/mol. The number of ether oxygens (including phenoxy) is 2. The van der Waals surface area contributed by atoms with Crippen molar-refractivity contribution in [1.82, 2.24) is 4.90 Å². The Morgan fingerprint density at radius 3 is 2.57 bits per heavy atom. The molecule has 0 radical (unpaired) electrons. The van der Waals surface area contributed by atoms with E-state index >= 15 is 0 Å². The fourth-order valence-corrected chi connectivity index (χ4v) is 2.11. The Bertz CT molecular complexity index is 528. The van der Waals surface area contributed by atoms with Crippen molar-refractivity contribution >= 4 is 23.6 Å². The van der Waals surface area contributed by atoms with Crippen molar-refractivity contribution < 1.29 is 14.3 Å². The van der Waals surface area contributed by atoms with Crippen LogP contribution in [0.2, 0.25) is 5.02 Å². The fourth-order valence-electron chi connectivity index (χ4n) is 1.81. The van der Waals surface area contributed by atoms with Crippen LogP contribution in [0.1, 0.15) is 25.8 Å². The van der Waals surface area contributed by atoms with E-state index in [9.17, 15) is 4.79 Å². The van der Waals surface area contributed by atoms with Crippen LogP contribution in [0, 0.1) is 0 Å². The predicted molar refractivity (Wildman–Crippen MR) is 86.1 cm³/mol. The maximum atomic E-state index is 12.0. The van der Waals surface area contributed by atoms with Crippen molar-refractivity contribution in [3.05, 3.63) is 28.8 Å². The van der Waals surface area contributed by atoms with Gasteiger partial charge in [0.2, 0.25) is 5.91 Å². The lowest BCUT2D eigenvalue weighted by atomic mass is 10.1. The van der Waals surface area contributed by atoms with Crippen molar-refractivity contribution in [1.29, 1.82) is 0 Å². The Balaban J connectivity index is 2.95. The van der Waals surface area contributed by atoms with E-state index in [2.05, 4.69) is 0 Å². The van der Waals surface area contributed by atoms with E-state index in [-0.39, 0.29) is 11.9 Å². The molecule has 0 unspecified atom stereocenters. The van der Waals surface area contributed by atoms with Crippen molar-refractivity contribution in [2.75, 3.05) is 21.3 Å². The molecule has 1 aromatic rings. The number of halogens is 1. The Hall–Kier alpha value is -1.68. The molecular weight excluding hydrogens is 290 g/mol. The van der Waals surface area contributed by atoms with E-state index < -0.39 is 0 Å². The summed E-state index contributed by atoms with van der Waals surface area (Å²) in [6.07, 6.45) is 4.16. The van der Waals surface area contributed by atoms with E-state index in [4.69, 9.17) is 21.1 Å². The lowest BCUT2D eigenvalue weighted by Crippen LogP contribution is -2.33. The van der Waals surface area contributed by atoms with Gasteiger partial charge >= 0.3 is 0 Å². The number of carbonyl (C=O) groups excluding carboxylic acids is 1. The van der Waals surface area contributed by atoms with Crippen LogP contribution in [-0.2, 0) is 4.79 Å². The second kappa shape index (κ2) is 7.93. The summed E-state index contributed by atoms with van der Waals surface area (Å²) >= 11 is 6.13. The van der Waals surface area contributed by atoms with Gasteiger partial charge in [-0.25, -0.2) is 0 Å². The van der Waals surface area contributed by atoms with Gasteiger partial charge in [-0.1, -0.05) is 18.5 Å². The predicted octanol–water partition coefficient (Wildman–Crippen LogP) is 3.63. The Morgan fingerprint density at radius 2 is 2.05 bits per heavy atom. The third kappa shape index (κ3) is 4.39. The number of carbonyl (C=O) groups is 1. The molecule has 1 aromatic carbocycles. The third-order valence-electron chi connectivity index (χ3n) is 3.47. The monoisotopic (exact) mass is 311 g/mol. The first-order valence-electron chi connectivity index (χ1n) is 6.80. The van der Waals surface area contributed by atoms with Gasteiger partial charge in [-0.05, 0) is 37.1 Å². The van der Waals surface area contributed by atoms with Crippen molar-refractivity contribution in [3.63, 3.8) is 0 Å². The van der Waals surface area contributed by atoms with E-state index in [0.29, 0.717) is 16.5 Å². The van der Waals surface area contributed by atoms with Crippen LogP contribution in [0.5, 0.6) is 11.5 Å². The van der Waals surface area contributed by atoms with Crippen LogP contribution in [0.25, 0.3) is 6.08 Å². The number of amides is 1. The molecule has 0 fully saturated rings. The number of hydrogen-bond donors (Lipinski definition) is 0. The van der Waals surface area contributed by atoms with Crippen LogP contribution >= 0.6 is 11.6 Å². The Labute approximate surface area is 131 Å². The van der Waals surface area contributed by atoms with Gasteiger partial charge in [0, 0.05) is 19.2 Å². The molecule has 1 atom stereocenters. The number of rotatable bonds is 6. The molecule has 1 amide bonds. The summed E-state index contributed by atoms with van der Waals surface area (Å²) in [5, 5.41) is 0.444. The quantitative estimate of drug-likeness (QED) is 0.753. The Morgan fingerprint density at radius 1 is 1.38 bits per heavy atom. The third-order valence-corrected chi connectivity index (χ3v) is 3.75. The molecule has 0 heterocycles. The van der Waals surface area contributed by atoms with Crippen molar-refractivity contribution in [2.45, 2.75) is 26.3 Å². The molecule has 4 nitrogen and oxygen atoms in total. The second-order valence-electron chi connectivity index (χ2n) is 4.78. The van der Waals surface area contributed by atoms with E-state index in [1.54, 1.807) is 37.3 Å². The summed E-state index contributed by atoms with van der Waals surface area (Å²) in [4.78, 5) is 13.7. The topological polar surface area (TPSA) is 38.8 Å². The molecule has 5 heteroatoms. The molecule has 0 saturated carbocycles. The van der Waals surface area contributed by atoms with E-state index in [1.807, 2.05) is 13.8 Å². The minimum absolute atomic E-state index is 0.0461. The first kappa shape index (κ1) is 17.4. The largest absolute Gasteiger partial charge is 0.493 e. The van der Waals surface area contributed by atoms with Crippen molar-refractivity contribution in [2.24, 2.45) is 0 Å². The first-order chi connectivity index (χ1) is 9.94. The maximum absolute atomic E-state index is 12.0. The molecule has 0 N–H and O–H groups in total. The van der Waals surface area contributed by atoms with Crippen LogP contribution < -0.4 is 9.47 Å². The summed E-state index contributed by atoms with van der Waals surface area (Å²) in [6.45, 7) is 4.06. The summed E-state index contributed by atoms with van der Waals surface area (Å²) in [7, 11) is 4.87. The zero-order valence-electron chi connectivity index (χ0n) is 13.1. The zero-order chi connectivity index (χ0) is 16.0. The minimum Gasteiger partial charge on any atom is -0.493 e. The average Bonchev–Trinajstić information content (AvgIpc) is 2.50. The zero-order valence-corrected chi connectivity index (χ0v) is 13.9. The van der Waals surface area contributed by atoms with Crippen LogP contribution in [0.15, 0.2) is 18.2 Å². The van der Waals surface area contributed by atoms with Crippen LogP contribution in [0.3, 0.4) is 0 Å². The summed E-state index contributed by atoms with van der Waals surface area (Å²) < 4.78 is 10.4. The summed E-state index contributed by atoms with van der Waals surface area (Å²) in [5.41, 5.74) is 0.781. The highest BCUT2D eigenvalue weighted by molar-refractivity contribution is 6.32. The Kier molecular flexibility index (Phi) is 6.56. The molecule has 0 aliphatic carbocycles.